The van der Waals surface area contributed by atoms with Crippen molar-refractivity contribution in [2.75, 3.05) is 12.4 Å². The van der Waals surface area contributed by atoms with Crippen LogP contribution in [-0.2, 0) is 11.3 Å². The zero-order valence-electron chi connectivity index (χ0n) is 12.8. The molecule has 0 fully saturated rings. The number of nitrogens with one attached hydrogen (secondary N) is 1. The number of ether oxygens (including phenoxy) is 1. The molecule has 0 aliphatic carbocycles. The first-order chi connectivity index (χ1) is 11.7. The number of esters is 1. The van der Waals surface area contributed by atoms with Gasteiger partial charge in [0.1, 0.15) is 4.88 Å². The number of thiophene rings is 1. The van der Waals surface area contributed by atoms with Crippen molar-refractivity contribution in [3.8, 4) is 0 Å². The first-order valence-corrected chi connectivity index (χ1v) is 7.96. The summed E-state index contributed by atoms with van der Waals surface area (Å²) in [5, 5.41) is 12.2. The number of methoxy groups -OCH3 is 1. The van der Waals surface area contributed by atoms with E-state index in [4.69, 9.17) is 0 Å². The summed E-state index contributed by atoms with van der Waals surface area (Å²) in [5.41, 5.74) is 1.63. The van der Waals surface area contributed by atoms with Gasteiger partial charge in [0.15, 0.2) is 5.69 Å². The number of rotatable bonds is 5. The van der Waals surface area contributed by atoms with Gasteiger partial charge in [-0.1, -0.05) is 35.5 Å². The molecule has 0 unspecified atom stereocenters. The van der Waals surface area contributed by atoms with E-state index in [9.17, 15) is 9.59 Å². The van der Waals surface area contributed by atoms with Crippen LogP contribution in [0.4, 0.5) is 5.69 Å². The Hall–Kier alpha value is -3.00. The summed E-state index contributed by atoms with van der Waals surface area (Å²) < 4.78 is 6.26. The summed E-state index contributed by atoms with van der Waals surface area (Å²) >= 11 is 1.20. The Balaban J connectivity index is 1.70. The van der Waals surface area contributed by atoms with Gasteiger partial charge in [0.05, 0.1) is 25.5 Å². The largest absolute Gasteiger partial charge is 0.465 e. The lowest BCUT2D eigenvalue weighted by Crippen LogP contribution is -2.14. The first kappa shape index (κ1) is 15.9. The van der Waals surface area contributed by atoms with Crippen LogP contribution in [0.3, 0.4) is 0 Å². The van der Waals surface area contributed by atoms with Crippen LogP contribution in [0.2, 0.25) is 0 Å². The molecular weight excluding hydrogens is 328 g/mol. The van der Waals surface area contributed by atoms with Crippen LogP contribution in [0.5, 0.6) is 0 Å². The fourth-order valence-corrected chi connectivity index (χ4v) is 2.86. The Labute approximate surface area is 141 Å². The number of aromatic nitrogens is 3. The molecule has 1 N–H and O–H groups in total. The molecular formula is C16H14N4O3S. The van der Waals surface area contributed by atoms with Crippen molar-refractivity contribution in [2.24, 2.45) is 0 Å². The summed E-state index contributed by atoms with van der Waals surface area (Å²) in [4.78, 5) is 24.2. The molecule has 0 aliphatic heterocycles. The van der Waals surface area contributed by atoms with Gasteiger partial charge in [0.2, 0.25) is 0 Å². The second kappa shape index (κ2) is 7.05. The van der Waals surface area contributed by atoms with Crippen LogP contribution in [0.15, 0.2) is 48.0 Å². The fourth-order valence-electron chi connectivity index (χ4n) is 2.10. The number of carbonyl (C=O) groups excluding carboxylic acids is 2. The van der Waals surface area contributed by atoms with E-state index in [0.717, 1.165) is 5.56 Å². The van der Waals surface area contributed by atoms with Gasteiger partial charge < -0.3 is 10.1 Å². The van der Waals surface area contributed by atoms with Gasteiger partial charge >= 0.3 is 5.97 Å². The molecule has 0 bridgehead atoms. The third kappa shape index (κ3) is 3.49. The lowest BCUT2D eigenvalue weighted by atomic mass is 10.2. The maximum atomic E-state index is 12.3. The standard InChI is InChI=1S/C16H14N4O3S/c1-23-16(22)14-12(7-8-24-14)17-15(21)13-10-20(19-18-13)9-11-5-3-2-4-6-11/h2-8,10H,9H2,1H3,(H,17,21). The third-order valence-electron chi connectivity index (χ3n) is 3.24. The molecule has 1 amide bonds. The molecule has 3 aromatic rings. The monoisotopic (exact) mass is 342 g/mol. The summed E-state index contributed by atoms with van der Waals surface area (Å²) in [5.74, 6) is -0.925. The second-order valence-corrected chi connectivity index (χ2v) is 5.81. The maximum Gasteiger partial charge on any atom is 0.350 e. The molecule has 122 valence electrons. The van der Waals surface area contributed by atoms with Crippen LogP contribution in [0.25, 0.3) is 0 Å². The first-order valence-electron chi connectivity index (χ1n) is 7.08. The number of amides is 1. The van der Waals surface area contributed by atoms with Gasteiger partial charge in [-0.05, 0) is 17.0 Å². The van der Waals surface area contributed by atoms with Crippen molar-refractivity contribution >= 4 is 28.9 Å². The normalized spacial score (nSPS) is 10.4. The molecule has 0 spiro atoms. The molecule has 0 radical (unpaired) electrons. The number of carbonyl (C=O) groups is 2. The minimum absolute atomic E-state index is 0.174. The highest BCUT2D eigenvalue weighted by Crippen LogP contribution is 2.23. The van der Waals surface area contributed by atoms with Gasteiger partial charge in [-0.3, -0.25) is 4.79 Å². The molecule has 0 aliphatic rings. The van der Waals surface area contributed by atoms with E-state index in [-0.39, 0.29) is 5.69 Å². The summed E-state index contributed by atoms with van der Waals surface area (Å²) in [6, 6.07) is 11.4. The van der Waals surface area contributed by atoms with Gasteiger partial charge in [-0.25, -0.2) is 9.48 Å². The van der Waals surface area contributed by atoms with Crippen LogP contribution < -0.4 is 5.32 Å². The highest BCUT2D eigenvalue weighted by atomic mass is 32.1. The molecule has 0 saturated heterocycles. The molecule has 1 aromatic carbocycles. The molecule has 0 atom stereocenters. The van der Waals surface area contributed by atoms with Crippen LogP contribution in [0.1, 0.15) is 25.7 Å². The lowest BCUT2D eigenvalue weighted by Gasteiger charge is -2.03. The minimum Gasteiger partial charge on any atom is -0.465 e. The molecule has 8 heteroatoms. The Morgan fingerprint density at radius 1 is 1.25 bits per heavy atom. The third-order valence-corrected chi connectivity index (χ3v) is 4.14. The van der Waals surface area contributed by atoms with E-state index in [0.29, 0.717) is 17.1 Å². The van der Waals surface area contributed by atoms with Gasteiger partial charge in [-0.2, -0.15) is 0 Å². The average Bonchev–Trinajstić information content (AvgIpc) is 3.24. The highest BCUT2D eigenvalue weighted by molar-refractivity contribution is 7.12. The topological polar surface area (TPSA) is 86.1 Å². The Bertz CT molecular complexity index is 857. The van der Waals surface area contributed by atoms with E-state index >= 15 is 0 Å². The van der Waals surface area contributed by atoms with E-state index < -0.39 is 11.9 Å². The van der Waals surface area contributed by atoms with Crippen molar-refractivity contribution in [3.63, 3.8) is 0 Å². The Kier molecular flexibility index (Phi) is 4.66. The van der Waals surface area contributed by atoms with Crippen LogP contribution >= 0.6 is 11.3 Å². The number of hydrogen-bond acceptors (Lipinski definition) is 6. The summed E-state index contributed by atoms with van der Waals surface area (Å²) in [6.07, 6.45) is 1.56. The summed E-state index contributed by atoms with van der Waals surface area (Å²) in [6.45, 7) is 0.521. The number of hydrogen-bond donors (Lipinski definition) is 1. The molecule has 0 saturated carbocycles. The zero-order chi connectivity index (χ0) is 16.9. The predicted molar refractivity (Wildman–Crippen MR) is 89.2 cm³/mol. The molecule has 3 rings (SSSR count). The average molecular weight is 342 g/mol. The molecule has 2 aromatic heterocycles. The van der Waals surface area contributed by atoms with E-state index in [1.54, 1.807) is 22.3 Å². The van der Waals surface area contributed by atoms with Gasteiger partial charge in [-0.15, -0.1) is 16.4 Å². The van der Waals surface area contributed by atoms with Crippen LogP contribution in [0, 0.1) is 0 Å². The predicted octanol–water partition coefficient (Wildman–Crippen LogP) is 2.43. The van der Waals surface area contributed by atoms with Crippen molar-refractivity contribution in [1.29, 1.82) is 0 Å². The lowest BCUT2D eigenvalue weighted by molar-refractivity contribution is 0.0607. The number of anilines is 1. The SMILES string of the molecule is COC(=O)c1sccc1NC(=O)c1cn(Cc2ccccc2)nn1. The minimum atomic E-state index is -0.493. The molecule has 24 heavy (non-hydrogen) atoms. The maximum absolute atomic E-state index is 12.3. The Morgan fingerprint density at radius 3 is 2.79 bits per heavy atom. The second-order valence-electron chi connectivity index (χ2n) is 4.90. The van der Waals surface area contributed by atoms with Crippen molar-refractivity contribution in [1.82, 2.24) is 15.0 Å². The zero-order valence-corrected chi connectivity index (χ0v) is 13.6. The molecule has 2 heterocycles. The van der Waals surface area contributed by atoms with Gasteiger partial charge in [0, 0.05) is 0 Å². The summed E-state index contributed by atoms with van der Waals surface area (Å²) in [7, 11) is 1.29. The van der Waals surface area contributed by atoms with E-state index in [1.807, 2.05) is 30.3 Å². The van der Waals surface area contributed by atoms with Gasteiger partial charge in [0.25, 0.3) is 5.91 Å². The number of nitrogens with zero attached hydrogens (tertiary/aromatic N) is 3. The van der Waals surface area contributed by atoms with Crippen molar-refractivity contribution in [2.45, 2.75) is 6.54 Å². The van der Waals surface area contributed by atoms with Crippen molar-refractivity contribution < 1.29 is 14.3 Å². The smallest absolute Gasteiger partial charge is 0.350 e. The number of benzene rings is 1. The van der Waals surface area contributed by atoms with Crippen LogP contribution in [-0.4, -0.2) is 34.0 Å². The molecule has 7 nitrogen and oxygen atoms in total. The quantitative estimate of drug-likeness (QED) is 0.720. The fraction of sp³-hybridized carbons (Fsp3) is 0.125. The van der Waals surface area contributed by atoms with E-state index in [2.05, 4.69) is 20.4 Å². The van der Waals surface area contributed by atoms with Crippen molar-refractivity contribution in [3.05, 3.63) is 64.1 Å². The van der Waals surface area contributed by atoms with E-state index in [1.165, 1.54) is 18.4 Å². The highest BCUT2D eigenvalue weighted by Gasteiger charge is 2.18. The Morgan fingerprint density at radius 2 is 2.04 bits per heavy atom.